The van der Waals surface area contributed by atoms with E-state index in [4.69, 9.17) is 9.84 Å². The number of carbonyl (C=O) groups is 2. The van der Waals surface area contributed by atoms with Crippen molar-refractivity contribution in [3.8, 4) is 5.75 Å². The molecule has 1 saturated carbocycles. The van der Waals surface area contributed by atoms with Crippen LogP contribution in [-0.2, 0) is 9.59 Å². The molecule has 0 aliphatic heterocycles. The molecule has 2 N–H and O–H groups in total. The summed E-state index contributed by atoms with van der Waals surface area (Å²) in [6, 6.07) is 5.37. The van der Waals surface area contributed by atoms with Gasteiger partial charge >= 0.3 is 5.97 Å². The van der Waals surface area contributed by atoms with Crippen LogP contribution in [0.15, 0.2) is 22.7 Å². The molecule has 0 radical (unpaired) electrons. The zero-order valence-corrected chi connectivity index (χ0v) is 13.4. The van der Waals surface area contributed by atoms with Crippen molar-refractivity contribution >= 4 is 33.5 Å². The van der Waals surface area contributed by atoms with E-state index < -0.39 is 11.9 Å². The first-order valence-corrected chi connectivity index (χ1v) is 7.67. The molecule has 0 aromatic heterocycles. The third-order valence-corrected chi connectivity index (χ3v) is 4.31. The first kappa shape index (κ1) is 15.8. The SMILES string of the molecule is COc1ccc(Br)cc1NC(=O)C1CCCC(C(=O)O)C1. The fourth-order valence-electron chi connectivity index (χ4n) is 2.66. The lowest BCUT2D eigenvalue weighted by Crippen LogP contribution is -2.31. The summed E-state index contributed by atoms with van der Waals surface area (Å²) in [5.41, 5.74) is 0.592. The summed E-state index contributed by atoms with van der Waals surface area (Å²) in [5, 5.41) is 11.9. The molecule has 0 spiro atoms. The average molecular weight is 356 g/mol. The van der Waals surface area contributed by atoms with Gasteiger partial charge in [-0.1, -0.05) is 22.4 Å². The fraction of sp³-hybridized carbons (Fsp3) is 0.467. The highest BCUT2D eigenvalue weighted by molar-refractivity contribution is 9.10. The second kappa shape index (κ2) is 6.93. The summed E-state index contributed by atoms with van der Waals surface area (Å²) < 4.78 is 6.06. The van der Waals surface area contributed by atoms with Gasteiger partial charge in [0.2, 0.25) is 5.91 Å². The van der Waals surface area contributed by atoms with Crippen molar-refractivity contribution in [3.05, 3.63) is 22.7 Å². The molecule has 0 bridgehead atoms. The van der Waals surface area contributed by atoms with Gasteiger partial charge < -0.3 is 15.2 Å². The Morgan fingerprint density at radius 1 is 1.33 bits per heavy atom. The second-order valence-electron chi connectivity index (χ2n) is 5.23. The number of nitrogens with one attached hydrogen (secondary N) is 1. The standard InChI is InChI=1S/C15H18BrNO4/c1-21-13-6-5-11(16)8-12(13)17-14(18)9-3-2-4-10(7-9)15(19)20/h5-6,8-10H,2-4,7H2,1H3,(H,17,18)(H,19,20). The number of amides is 1. The van der Waals surface area contributed by atoms with Crippen molar-refractivity contribution in [2.45, 2.75) is 25.7 Å². The molecule has 21 heavy (non-hydrogen) atoms. The average Bonchev–Trinajstić information content (AvgIpc) is 2.47. The fourth-order valence-corrected chi connectivity index (χ4v) is 3.03. The van der Waals surface area contributed by atoms with Crippen molar-refractivity contribution in [3.63, 3.8) is 0 Å². The van der Waals surface area contributed by atoms with Crippen LogP contribution in [0, 0.1) is 11.8 Å². The Kier molecular flexibility index (Phi) is 5.22. The van der Waals surface area contributed by atoms with E-state index in [0.29, 0.717) is 24.3 Å². The van der Waals surface area contributed by atoms with Crippen molar-refractivity contribution in [1.82, 2.24) is 0 Å². The largest absolute Gasteiger partial charge is 0.495 e. The predicted octanol–water partition coefficient (Wildman–Crippen LogP) is 3.29. The Morgan fingerprint density at radius 3 is 2.71 bits per heavy atom. The Bertz CT molecular complexity index is 546. The molecule has 5 nitrogen and oxygen atoms in total. The Balaban J connectivity index is 2.07. The van der Waals surface area contributed by atoms with Gasteiger partial charge in [0.15, 0.2) is 0 Å². The third kappa shape index (κ3) is 3.97. The summed E-state index contributed by atoms with van der Waals surface area (Å²) in [5.74, 6) is -1.05. The Hall–Kier alpha value is -1.56. The summed E-state index contributed by atoms with van der Waals surface area (Å²) in [6.07, 6.45) is 2.55. The van der Waals surface area contributed by atoms with Gasteiger partial charge in [0.1, 0.15) is 5.75 Å². The van der Waals surface area contributed by atoms with E-state index in [-0.39, 0.29) is 11.8 Å². The van der Waals surface area contributed by atoms with Crippen LogP contribution < -0.4 is 10.1 Å². The van der Waals surface area contributed by atoms with Crippen molar-refractivity contribution < 1.29 is 19.4 Å². The van der Waals surface area contributed by atoms with Crippen LogP contribution in [0.1, 0.15) is 25.7 Å². The van der Waals surface area contributed by atoms with Crippen LogP contribution in [0.4, 0.5) is 5.69 Å². The smallest absolute Gasteiger partial charge is 0.306 e. The summed E-state index contributed by atoms with van der Waals surface area (Å²) >= 11 is 3.36. The van der Waals surface area contributed by atoms with Gasteiger partial charge in [-0.05, 0) is 37.5 Å². The zero-order chi connectivity index (χ0) is 15.4. The minimum Gasteiger partial charge on any atom is -0.495 e. The van der Waals surface area contributed by atoms with Gasteiger partial charge in [0.25, 0.3) is 0 Å². The van der Waals surface area contributed by atoms with Gasteiger partial charge in [0.05, 0.1) is 18.7 Å². The number of benzene rings is 1. The van der Waals surface area contributed by atoms with Gasteiger partial charge in [0, 0.05) is 10.4 Å². The first-order chi connectivity index (χ1) is 10.0. The molecule has 0 heterocycles. The van der Waals surface area contributed by atoms with Gasteiger partial charge in [-0.15, -0.1) is 0 Å². The summed E-state index contributed by atoms with van der Waals surface area (Å²) in [4.78, 5) is 23.4. The number of aliphatic carboxylic acids is 1. The highest BCUT2D eigenvalue weighted by atomic mass is 79.9. The number of carboxylic acid groups (broad SMARTS) is 1. The molecule has 1 aliphatic rings. The number of halogens is 1. The van der Waals surface area contributed by atoms with Gasteiger partial charge in [-0.3, -0.25) is 9.59 Å². The van der Waals surface area contributed by atoms with E-state index in [9.17, 15) is 9.59 Å². The van der Waals surface area contributed by atoms with Crippen LogP contribution in [0.5, 0.6) is 5.75 Å². The van der Waals surface area contributed by atoms with Crippen LogP contribution >= 0.6 is 15.9 Å². The van der Waals surface area contributed by atoms with Crippen LogP contribution in [0.25, 0.3) is 0 Å². The topological polar surface area (TPSA) is 75.6 Å². The minimum absolute atomic E-state index is 0.141. The minimum atomic E-state index is -0.812. The zero-order valence-electron chi connectivity index (χ0n) is 11.8. The number of ether oxygens (including phenoxy) is 1. The molecule has 1 amide bonds. The van der Waals surface area contributed by atoms with E-state index in [1.807, 2.05) is 6.07 Å². The van der Waals surface area contributed by atoms with Crippen molar-refractivity contribution in [1.29, 1.82) is 0 Å². The molecule has 1 fully saturated rings. The monoisotopic (exact) mass is 355 g/mol. The molecular formula is C15H18BrNO4. The molecular weight excluding hydrogens is 338 g/mol. The van der Waals surface area contributed by atoms with Crippen molar-refractivity contribution in [2.75, 3.05) is 12.4 Å². The predicted molar refractivity (Wildman–Crippen MR) is 82.4 cm³/mol. The van der Waals surface area contributed by atoms with E-state index >= 15 is 0 Å². The highest BCUT2D eigenvalue weighted by Gasteiger charge is 2.31. The maximum absolute atomic E-state index is 12.3. The lowest BCUT2D eigenvalue weighted by molar-refractivity contribution is -0.143. The van der Waals surface area contributed by atoms with Crippen LogP contribution in [0.3, 0.4) is 0 Å². The lowest BCUT2D eigenvalue weighted by Gasteiger charge is -2.26. The Labute approximate surface area is 131 Å². The molecule has 2 rings (SSSR count). The Morgan fingerprint density at radius 2 is 2.05 bits per heavy atom. The maximum atomic E-state index is 12.3. The molecule has 114 valence electrons. The normalized spacial score (nSPS) is 21.6. The molecule has 1 aromatic rings. The maximum Gasteiger partial charge on any atom is 0.306 e. The number of carboxylic acids is 1. The number of methoxy groups -OCH3 is 1. The van der Waals surface area contributed by atoms with E-state index in [1.54, 1.807) is 19.2 Å². The third-order valence-electron chi connectivity index (χ3n) is 3.81. The lowest BCUT2D eigenvalue weighted by atomic mass is 9.81. The van der Waals surface area contributed by atoms with Crippen LogP contribution in [0.2, 0.25) is 0 Å². The van der Waals surface area contributed by atoms with E-state index in [0.717, 1.165) is 17.3 Å². The number of hydrogen-bond acceptors (Lipinski definition) is 3. The number of carbonyl (C=O) groups excluding carboxylic acids is 1. The molecule has 2 unspecified atom stereocenters. The number of anilines is 1. The first-order valence-electron chi connectivity index (χ1n) is 6.88. The molecule has 1 aliphatic carbocycles. The number of hydrogen-bond donors (Lipinski definition) is 2. The van der Waals surface area contributed by atoms with Gasteiger partial charge in [-0.2, -0.15) is 0 Å². The van der Waals surface area contributed by atoms with Crippen LogP contribution in [-0.4, -0.2) is 24.1 Å². The summed E-state index contributed by atoms with van der Waals surface area (Å²) in [6.45, 7) is 0. The van der Waals surface area contributed by atoms with E-state index in [1.165, 1.54) is 0 Å². The van der Waals surface area contributed by atoms with Crippen molar-refractivity contribution in [2.24, 2.45) is 11.8 Å². The van der Waals surface area contributed by atoms with E-state index in [2.05, 4.69) is 21.2 Å². The van der Waals surface area contributed by atoms with Gasteiger partial charge in [-0.25, -0.2) is 0 Å². The molecule has 2 atom stereocenters. The highest BCUT2D eigenvalue weighted by Crippen LogP contribution is 2.32. The summed E-state index contributed by atoms with van der Waals surface area (Å²) in [7, 11) is 1.54. The second-order valence-corrected chi connectivity index (χ2v) is 6.15. The number of rotatable bonds is 4. The molecule has 0 saturated heterocycles. The molecule has 6 heteroatoms. The molecule has 1 aromatic carbocycles. The quantitative estimate of drug-likeness (QED) is 0.868.